The highest BCUT2D eigenvalue weighted by molar-refractivity contribution is 8.18. The highest BCUT2D eigenvalue weighted by atomic mass is 32.2. The molecule has 0 aromatic heterocycles. The zero-order chi connectivity index (χ0) is 29.2. The van der Waals surface area contributed by atoms with Gasteiger partial charge in [-0.25, -0.2) is 4.39 Å². The number of carbonyl (C=O) groups is 1. The van der Waals surface area contributed by atoms with E-state index in [1.165, 1.54) is 30.0 Å². The zero-order valence-corrected chi connectivity index (χ0v) is 23.6. The molecule has 8 rings (SSSR count). The van der Waals surface area contributed by atoms with Crippen LogP contribution in [0.1, 0.15) is 49.7 Å². The Morgan fingerprint density at radius 2 is 1.71 bits per heavy atom. The van der Waals surface area contributed by atoms with Gasteiger partial charge in [0.15, 0.2) is 16.7 Å². The predicted molar refractivity (Wildman–Crippen MR) is 150 cm³/mol. The summed E-state index contributed by atoms with van der Waals surface area (Å²) in [4.78, 5) is 19.1. The lowest BCUT2D eigenvalue weighted by atomic mass is 9.48. The Kier molecular flexibility index (Phi) is 6.80. The molecule has 4 aliphatic carbocycles. The predicted octanol–water partition coefficient (Wildman–Crippen LogP) is 6.87. The van der Waals surface area contributed by atoms with E-state index in [0.717, 1.165) is 44.6 Å². The van der Waals surface area contributed by atoms with Crippen LogP contribution in [0.3, 0.4) is 0 Å². The van der Waals surface area contributed by atoms with Crippen molar-refractivity contribution in [2.24, 2.45) is 22.7 Å². The number of hydrogen-bond donors (Lipinski definition) is 1. The number of phenolic OH excluding ortho intramolecular Hbond substituents is 1. The molecule has 2 heterocycles. The van der Waals surface area contributed by atoms with Crippen LogP contribution in [-0.2, 0) is 14.9 Å². The van der Waals surface area contributed by atoms with Crippen LogP contribution in [0.5, 0.6) is 11.5 Å². The summed E-state index contributed by atoms with van der Waals surface area (Å²) in [5.74, 6) is -0.643. The molecule has 6 aliphatic rings. The number of aromatic hydroxyl groups is 1. The topological polar surface area (TPSA) is 71.4 Å². The summed E-state index contributed by atoms with van der Waals surface area (Å²) in [5.41, 5.74) is 0.741. The highest BCUT2D eigenvalue weighted by Gasteiger charge is 2.52. The van der Waals surface area contributed by atoms with Crippen LogP contribution in [0.4, 0.5) is 17.6 Å². The standard InChI is InChI=1S/C31H30F4N2O4S/c32-24-13-21(12-23(27(24)38)30-14-18-7-19(15-30)9-20(8-18)16-30)22-10-17(1-2-25(22)41-31(33,34)35)11-26-28(39)36-29(42-26)37-3-5-40-6-4-37/h1-2,10-13,18-20,38H,3-9,14-16H2/b26-11-. The molecule has 42 heavy (non-hydrogen) atoms. The van der Waals surface area contributed by atoms with Crippen molar-refractivity contribution in [1.29, 1.82) is 0 Å². The molecular weight excluding hydrogens is 572 g/mol. The summed E-state index contributed by atoms with van der Waals surface area (Å²) in [6.45, 7) is 2.29. The first-order valence-corrected chi connectivity index (χ1v) is 15.2. The van der Waals surface area contributed by atoms with Crippen LogP contribution in [-0.4, -0.2) is 53.7 Å². The molecule has 1 amide bonds. The molecule has 4 saturated carbocycles. The number of thioether (sulfide) groups is 1. The fourth-order valence-corrected chi connectivity index (χ4v) is 9.08. The maximum Gasteiger partial charge on any atom is 0.573 e. The van der Waals surface area contributed by atoms with E-state index in [0.29, 0.717) is 65.3 Å². The number of benzene rings is 2. The van der Waals surface area contributed by atoms with Crippen molar-refractivity contribution in [3.8, 4) is 22.6 Å². The van der Waals surface area contributed by atoms with E-state index in [1.807, 2.05) is 4.90 Å². The molecule has 11 heteroatoms. The summed E-state index contributed by atoms with van der Waals surface area (Å²) >= 11 is 1.20. The second-order valence-corrected chi connectivity index (χ2v) is 13.3. The molecule has 2 aromatic carbocycles. The van der Waals surface area contributed by atoms with Crippen LogP contribution in [0.2, 0.25) is 0 Å². The number of carbonyl (C=O) groups excluding carboxylic acids is 1. The Morgan fingerprint density at radius 3 is 2.36 bits per heavy atom. The average Bonchev–Trinajstić information content (AvgIpc) is 3.29. The van der Waals surface area contributed by atoms with Crippen molar-refractivity contribution in [2.75, 3.05) is 26.3 Å². The molecule has 2 aliphatic heterocycles. The van der Waals surface area contributed by atoms with Crippen LogP contribution in [0.15, 0.2) is 40.2 Å². The number of hydrogen-bond acceptors (Lipinski definition) is 6. The molecule has 0 atom stereocenters. The average molecular weight is 603 g/mol. The fourth-order valence-electron chi connectivity index (χ4n) is 8.12. The number of rotatable bonds is 4. The smallest absolute Gasteiger partial charge is 0.505 e. The maximum atomic E-state index is 15.4. The van der Waals surface area contributed by atoms with E-state index >= 15 is 4.39 Å². The van der Waals surface area contributed by atoms with Gasteiger partial charge in [-0.3, -0.25) is 4.79 Å². The Bertz CT molecular complexity index is 1460. The number of morpholine rings is 1. The van der Waals surface area contributed by atoms with E-state index < -0.39 is 29.6 Å². The number of ether oxygens (including phenoxy) is 2. The van der Waals surface area contributed by atoms with Crippen molar-refractivity contribution in [1.82, 2.24) is 4.90 Å². The summed E-state index contributed by atoms with van der Waals surface area (Å²) in [6, 6.07) is 6.77. The van der Waals surface area contributed by atoms with Crippen molar-refractivity contribution in [3.05, 3.63) is 52.2 Å². The molecule has 0 unspecified atom stereocenters. The molecule has 6 nitrogen and oxygen atoms in total. The van der Waals surface area contributed by atoms with Crippen LogP contribution in [0, 0.1) is 23.6 Å². The third kappa shape index (κ3) is 5.19. The maximum absolute atomic E-state index is 15.4. The van der Waals surface area contributed by atoms with Gasteiger partial charge in [-0.15, -0.1) is 13.2 Å². The van der Waals surface area contributed by atoms with Gasteiger partial charge in [0, 0.05) is 24.2 Å². The van der Waals surface area contributed by atoms with Gasteiger partial charge < -0.3 is 19.5 Å². The fraction of sp³-hybridized carbons (Fsp3) is 0.484. The summed E-state index contributed by atoms with van der Waals surface area (Å²) in [5, 5.41) is 11.5. The molecular formula is C31H30F4N2O4S. The number of halogens is 4. The van der Waals surface area contributed by atoms with Gasteiger partial charge >= 0.3 is 6.36 Å². The van der Waals surface area contributed by atoms with Gasteiger partial charge in [-0.2, -0.15) is 4.99 Å². The van der Waals surface area contributed by atoms with Gasteiger partial charge in [0.2, 0.25) is 0 Å². The molecule has 1 N–H and O–H groups in total. The number of alkyl halides is 3. The molecule has 4 bridgehead atoms. The van der Waals surface area contributed by atoms with E-state index in [2.05, 4.69) is 9.73 Å². The largest absolute Gasteiger partial charge is 0.573 e. The minimum absolute atomic E-state index is 0.0244. The van der Waals surface area contributed by atoms with E-state index in [1.54, 1.807) is 12.1 Å². The van der Waals surface area contributed by atoms with Gasteiger partial charge in [0.25, 0.3) is 5.91 Å². The highest BCUT2D eigenvalue weighted by Crippen LogP contribution is 2.62. The SMILES string of the molecule is O=C1N=C(N2CCOCC2)S/C1=C\c1ccc(OC(F)(F)F)c(-c2cc(F)c(O)c(C34CC5CC(CC(C5)C3)C4)c2)c1. The van der Waals surface area contributed by atoms with E-state index in [9.17, 15) is 23.1 Å². The van der Waals surface area contributed by atoms with Gasteiger partial charge in [-0.1, -0.05) is 6.07 Å². The summed E-state index contributed by atoms with van der Waals surface area (Å²) < 4.78 is 65.4. The molecule has 2 aromatic rings. The number of amidine groups is 1. The first-order chi connectivity index (χ1) is 20.0. The molecule has 1 saturated heterocycles. The van der Waals surface area contributed by atoms with E-state index in [4.69, 9.17) is 4.74 Å². The normalized spacial score (nSPS) is 29.9. The zero-order valence-electron chi connectivity index (χ0n) is 22.8. The number of amides is 1. The second kappa shape index (κ2) is 10.3. The van der Waals surface area contributed by atoms with Gasteiger partial charge in [0.05, 0.1) is 18.1 Å². The molecule has 0 spiro atoms. The molecule has 0 radical (unpaired) electrons. The Labute approximate surface area is 244 Å². The Hall–Kier alpha value is -3.05. The minimum atomic E-state index is -4.97. The van der Waals surface area contributed by atoms with Crippen LogP contribution in [0.25, 0.3) is 17.2 Å². The molecule has 222 valence electrons. The number of nitrogens with zero attached hydrogens (tertiary/aromatic N) is 2. The summed E-state index contributed by atoms with van der Waals surface area (Å²) in [6.07, 6.45) is 2.59. The van der Waals surface area contributed by atoms with Crippen LogP contribution >= 0.6 is 11.8 Å². The van der Waals surface area contributed by atoms with Crippen molar-refractivity contribution >= 4 is 28.9 Å². The quantitative estimate of drug-likeness (QED) is 0.304. The third-order valence-electron chi connectivity index (χ3n) is 9.40. The van der Waals surface area contributed by atoms with Crippen molar-refractivity contribution < 1.29 is 36.9 Å². The van der Waals surface area contributed by atoms with Crippen molar-refractivity contribution in [3.63, 3.8) is 0 Å². The lowest BCUT2D eigenvalue weighted by Crippen LogP contribution is -2.48. The third-order valence-corrected chi connectivity index (χ3v) is 10.4. The van der Waals surface area contributed by atoms with Gasteiger partial charge in [-0.05, 0) is 115 Å². The first-order valence-electron chi connectivity index (χ1n) is 14.3. The Morgan fingerprint density at radius 1 is 1.05 bits per heavy atom. The molecule has 5 fully saturated rings. The lowest BCUT2D eigenvalue weighted by Gasteiger charge is -2.57. The van der Waals surface area contributed by atoms with Crippen LogP contribution < -0.4 is 4.74 Å². The summed E-state index contributed by atoms with van der Waals surface area (Å²) in [7, 11) is 0. The second-order valence-electron chi connectivity index (χ2n) is 12.3. The number of aliphatic imine (C=N–C) groups is 1. The van der Waals surface area contributed by atoms with Crippen molar-refractivity contribution in [2.45, 2.75) is 50.3 Å². The lowest BCUT2D eigenvalue weighted by molar-refractivity contribution is -0.274. The van der Waals surface area contributed by atoms with E-state index in [-0.39, 0.29) is 16.5 Å². The minimum Gasteiger partial charge on any atom is -0.505 e. The number of phenols is 1. The monoisotopic (exact) mass is 602 g/mol. The first kappa shape index (κ1) is 27.8. The van der Waals surface area contributed by atoms with Gasteiger partial charge in [0.1, 0.15) is 5.75 Å². The Balaban J connectivity index is 1.27.